The molecule has 1 heterocycles. The molecule has 150 valence electrons. The van der Waals surface area contributed by atoms with Crippen LogP contribution in [0.2, 0.25) is 0 Å². The third-order valence-corrected chi connectivity index (χ3v) is 3.61. The summed E-state index contributed by atoms with van der Waals surface area (Å²) in [6, 6.07) is 9.85. The molecular formula is C18H11F3N2O6. The second-order valence-electron chi connectivity index (χ2n) is 5.62. The fraction of sp³-hybridized carbons (Fsp3) is 0.0556. The number of carbonyl (C=O) groups is 2. The minimum Gasteiger partial charge on any atom is -0.502 e. The zero-order chi connectivity index (χ0) is 21.2. The van der Waals surface area contributed by atoms with Crippen molar-refractivity contribution in [2.24, 2.45) is 0 Å². The normalized spacial score (nSPS) is 11.1. The van der Waals surface area contributed by atoms with Gasteiger partial charge in [-0.25, -0.2) is 4.79 Å². The van der Waals surface area contributed by atoms with Crippen LogP contribution >= 0.6 is 0 Å². The highest BCUT2D eigenvalue weighted by Crippen LogP contribution is 2.31. The number of amides is 1. The summed E-state index contributed by atoms with van der Waals surface area (Å²) >= 11 is 0. The third kappa shape index (κ3) is 4.46. The van der Waals surface area contributed by atoms with Crippen molar-refractivity contribution >= 4 is 17.6 Å². The SMILES string of the molecule is O=C(Nc1ccc(Oc2ccc(C(F)(F)F)cc2)cc1)c1noc(C(=O)O)c1O. The number of aromatic nitrogens is 1. The molecule has 0 spiro atoms. The first-order chi connectivity index (χ1) is 13.6. The number of benzene rings is 2. The van der Waals surface area contributed by atoms with E-state index in [1.165, 1.54) is 36.4 Å². The number of anilines is 1. The molecule has 3 rings (SSSR count). The van der Waals surface area contributed by atoms with Gasteiger partial charge in [-0.15, -0.1) is 0 Å². The minimum absolute atomic E-state index is 0.184. The van der Waals surface area contributed by atoms with Gasteiger partial charge in [-0.2, -0.15) is 13.2 Å². The summed E-state index contributed by atoms with van der Waals surface area (Å²) in [5.74, 6) is -3.79. The predicted molar refractivity (Wildman–Crippen MR) is 91.0 cm³/mol. The van der Waals surface area contributed by atoms with Crippen LogP contribution in [-0.4, -0.2) is 27.2 Å². The molecule has 29 heavy (non-hydrogen) atoms. The monoisotopic (exact) mass is 408 g/mol. The smallest absolute Gasteiger partial charge is 0.416 e. The van der Waals surface area contributed by atoms with E-state index in [1.807, 2.05) is 0 Å². The van der Waals surface area contributed by atoms with Crippen molar-refractivity contribution in [2.75, 3.05) is 5.32 Å². The van der Waals surface area contributed by atoms with Gasteiger partial charge >= 0.3 is 12.1 Å². The summed E-state index contributed by atoms with van der Waals surface area (Å²) in [6.07, 6.45) is -4.44. The van der Waals surface area contributed by atoms with Gasteiger partial charge < -0.3 is 24.8 Å². The molecule has 11 heteroatoms. The number of aromatic carboxylic acids is 1. The lowest BCUT2D eigenvalue weighted by Crippen LogP contribution is -2.12. The molecule has 3 N–H and O–H groups in total. The Labute approximate surface area is 160 Å². The second-order valence-corrected chi connectivity index (χ2v) is 5.62. The lowest BCUT2D eigenvalue weighted by molar-refractivity contribution is -0.137. The fourth-order valence-electron chi connectivity index (χ4n) is 2.22. The number of carbonyl (C=O) groups excluding carboxylic acids is 1. The number of halogens is 3. The van der Waals surface area contributed by atoms with Gasteiger partial charge in [0.1, 0.15) is 11.5 Å². The van der Waals surface area contributed by atoms with E-state index in [2.05, 4.69) is 15.0 Å². The molecule has 0 aliphatic carbocycles. The van der Waals surface area contributed by atoms with Crippen molar-refractivity contribution in [1.29, 1.82) is 0 Å². The number of carboxylic acids is 1. The van der Waals surface area contributed by atoms with Gasteiger partial charge in [0.2, 0.25) is 11.4 Å². The van der Waals surface area contributed by atoms with Gasteiger partial charge in [-0.1, -0.05) is 5.16 Å². The fourth-order valence-corrected chi connectivity index (χ4v) is 2.22. The van der Waals surface area contributed by atoms with Gasteiger partial charge in [0.05, 0.1) is 5.56 Å². The molecule has 3 aromatic rings. The Morgan fingerprint density at radius 1 is 1.00 bits per heavy atom. The van der Waals surface area contributed by atoms with Crippen LogP contribution in [0.5, 0.6) is 17.2 Å². The quantitative estimate of drug-likeness (QED) is 0.580. The summed E-state index contributed by atoms with van der Waals surface area (Å²) in [5.41, 5.74) is -1.15. The van der Waals surface area contributed by atoms with Gasteiger partial charge in [0, 0.05) is 5.69 Å². The molecule has 0 aliphatic rings. The van der Waals surface area contributed by atoms with Gasteiger partial charge in [-0.05, 0) is 48.5 Å². The Morgan fingerprint density at radius 3 is 2.03 bits per heavy atom. The minimum atomic E-state index is -4.44. The number of hydrogen-bond donors (Lipinski definition) is 3. The molecule has 8 nitrogen and oxygen atoms in total. The molecule has 0 fully saturated rings. The van der Waals surface area contributed by atoms with E-state index in [1.54, 1.807) is 0 Å². The van der Waals surface area contributed by atoms with Crippen LogP contribution in [0, 0.1) is 0 Å². The molecule has 0 bridgehead atoms. The molecule has 0 saturated carbocycles. The van der Waals surface area contributed by atoms with Crippen molar-refractivity contribution in [3.8, 4) is 17.2 Å². The Kier molecular flexibility index (Phi) is 5.13. The standard InChI is InChI=1S/C18H11F3N2O6/c19-18(20,21)9-1-5-11(6-2-9)28-12-7-3-10(4-8-12)22-16(25)13-14(24)15(17(26)27)29-23-13/h1-8,24H,(H,22,25)(H,26,27). The van der Waals surface area contributed by atoms with Gasteiger partial charge in [0.15, 0.2) is 0 Å². The first-order valence-corrected chi connectivity index (χ1v) is 7.83. The van der Waals surface area contributed by atoms with Crippen molar-refractivity contribution in [2.45, 2.75) is 6.18 Å². The first-order valence-electron chi connectivity index (χ1n) is 7.83. The highest BCUT2D eigenvalue weighted by molar-refractivity contribution is 6.06. The highest BCUT2D eigenvalue weighted by atomic mass is 19.4. The molecule has 1 amide bonds. The maximum absolute atomic E-state index is 12.6. The molecule has 2 aromatic carbocycles. The topological polar surface area (TPSA) is 122 Å². The number of hydrogen-bond acceptors (Lipinski definition) is 6. The maximum atomic E-state index is 12.6. The second kappa shape index (κ2) is 7.54. The van der Waals surface area contributed by atoms with Gasteiger partial charge in [-0.3, -0.25) is 4.79 Å². The molecule has 0 atom stereocenters. The average Bonchev–Trinajstić information content (AvgIpc) is 3.05. The van der Waals surface area contributed by atoms with E-state index >= 15 is 0 Å². The lowest BCUT2D eigenvalue weighted by atomic mass is 10.2. The van der Waals surface area contributed by atoms with E-state index in [0.717, 1.165) is 12.1 Å². The van der Waals surface area contributed by atoms with Crippen LogP contribution in [0.1, 0.15) is 26.6 Å². The number of alkyl halides is 3. The van der Waals surface area contributed by atoms with E-state index in [9.17, 15) is 27.9 Å². The number of ether oxygens (including phenoxy) is 1. The Morgan fingerprint density at radius 2 is 1.55 bits per heavy atom. The van der Waals surface area contributed by atoms with Crippen molar-refractivity contribution in [3.63, 3.8) is 0 Å². The summed E-state index contributed by atoms with van der Waals surface area (Å²) < 4.78 is 47.5. The predicted octanol–water partition coefficient (Wildman–Crippen LogP) is 4.14. The molecule has 0 saturated heterocycles. The average molecular weight is 408 g/mol. The van der Waals surface area contributed by atoms with Gasteiger partial charge in [0.25, 0.3) is 11.7 Å². The molecular weight excluding hydrogens is 397 g/mol. The molecule has 0 radical (unpaired) electrons. The number of rotatable bonds is 5. The summed E-state index contributed by atoms with van der Waals surface area (Å²) in [6.45, 7) is 0. The largest absolute Gasteiger partial charge is 0.502 e. The first kappa shape index (κ1) is 19.7. The Hall–Kier alpha value is -4.02. The number of nitrogens with one attached hydrogen (secondary N) is 1. The van der Waals surface area contributed by atoms with Crippen LogP contribution in [0.3, 0.4) is 0 Å². The molecule has 0 aliphatic heterocycles. The lowest BCUT2D eigenvalue weighted by Gasteiger charge is -2.09. The van der Waals surface area contributed by atoms with Crippen LogP contribution in [0.15, 0.2) is 53.1 Å². The van der Waals surface area contributed by atoms with Crippen molar-refractivity contribution < 1.29 is 42.2 Å². The third-order valence-electron chi connectivity index (χ3n) is 3.61. The molecule has 1 aromatic heterocycles. The summed E-state index contributed by atoms with van der Waals surface area (Å²) in [7, 11) is 0. The zero-order valence-electron chi connectivity index (χ0n) is 14.2. The van der Waals surface area contributed by atoms with E-state index in [4.69, 9.17) is 9.84 Å². The number of carboxylic acid groups (broad SMARTS) is 1. The van der Waals surface area contributed by atoms with Crippen LogP contribution < -0.4 is 10.1 Å². The van der Waals surface area contributed by atoms with E-state index < -0.39 is 40.8 Å². The van der Waals surface area contributed by atoms with E-state index in [-0.39, 0.29) is 11.4 Å². The summed E-state index contributed by atoms with van der Waals surface area (Å²) in [5, 5.41) is 24.0. The summed E-state index contributed by atoms with van der Waals surface area (Å²) in [4.78, 5) is 22.8. The van der Waals surface area contributed by atoms with Crippen molar-refractivity contribution in [3.05, 3.63) is 65.5 Å². The number of nitrogens with zero attached hydrogens (tertiary/aromatic N) is 1. The van der Waals surface area contributed by atoms with Crippen LogP contribution in [-0.2, 0) is 6.18 Å². The number of aromatic hydroxyl groups is 1. The Bertz CT molecular complexity index is 1040. The van der Waals surface area contributed by atoms with Crippen molar-refractivity contribution in [1.82, 2.24) is 5.16 Å². The highest BCUT2D eigenvalue weighted by Gasteiger charge is 2.30. The molecule has 0 unspecified atom stereocenters. The Balaban J connectivity index is 1.66. The van der Waals surface area contributed by atoms with Crippen LogP contribution in [0.25, 0.3) is 0 Å². The zero-order valence-corrected chi connectivity index (χ0v) is 14.2. The van der Waals surface area contributed by atoms with Crippen LogP contribution in [0.4, 0.5) is 18.9 Å². The maximum Gasteiger partial charge on any atom is 0.416 e. The van der Waals surface area contributed by atoms with E-state index in [0.29, 0.717) is 5.75 Å².